The van der Waals surface area contributed by atoms with E-state index in [0.29, 0.717) is 0 Å². The van der Waals surface area contributed by atoms with Crippen LogP contribution >= 0.6 is 0 Å². The van der Waals surface area contributed by atoms with Gasteiger partial charge in [0.2, 0.25) is 0 Å². The lowest BCUT2D eigenvalue weighted by atomic mass is 10.4. The van der Waals surface area contributed by atoms with E-state index < -0.39 is 4.97 Å². The van der Waals surface area contributed by atoms with Gasteiger partial charge in [-0.15, -0.1) is 14.5 Å². The maximum absolute atomic E-state index is 10.8. The monoisotopic (exact) mass is 194 g/mol. The molecule has 0 aliphatic heterocycles. The van der Waals surface area contributed by atoms with Gasteiger partial charge in [-0.25, -0.2) is 0 Å². The largest absolute Gasteiger partial charge is 0.469 e. The maximum Gasteiger partial charge on any atom is 0.311 e. The highest BCUT2D eigenvalue weighted by molar-refractivity contribution is 5.69. The van der Waals surface area contributed by atoms with Crippen LogP contribution in [0, 0.1) is 0 Å². The summed E-state index contributed by atoms with van der Waals surface area (Å²) in [5, 5.41) is 0. The third kappa shape index (κ3) is 3.69. The van der Waals surface area contributed by atoms with Gasteiger partial charge < -0.3 is 4.74 Å². The number of hydroxylamine groups is 3. The molecule has 0 aromatic rings. The fraction of sp³-hybridized carbons (Fsp3) is 0.857. The molecule has 0 aromatic heterocycles. The molecular formula is C7H16NO5+. The summed E-state index contributed by atoms with van der Waals surface area (Å²) in [6.45, 7) is 0.232. The third-order valence-electron chi connectivity index (χ3n) is 1.65. The number of hydrogen-bond acceptors (Lipinski definition) is 5. The summed E-state index contributed by atoms with van der Waals surface area (Å²) >= 11 is 0. The average Bonchev–Trinajstić information content (AvgIpc) is 2.20. The van der Waals surface area contributed by atoms with Crippen molar-refractivity contribution in [3.63, 3.8) is 0 Å². The van der Waals surface area contributed by atoms with E-state index in [9.17, 15) is 4.79 Å². The number of quaternary nitrogens is 1. The average molecular weight is 194 g/mol. The zero-order chi connectivity index (χ0) is 10.3. The van der Waals surface area contributed by atoms with Crippen LogP contribution in [0.1, 0.15) is 6.42 Å². The summed E-state index contributed by atoms with van der Waals surface area (Å²) in [6, 6.07) is 0. The number of carbonyl (C=O) groups is 1. The minimum atomic E-state index is -0.491. The number of nitrogens with zero attached hydrogens (tertiary/aromatic N) is 1. The predicted molar refractivity (Wildman–Crippen MR) is 42.8 cm³/mol. The number of hydrogen-bond donors (Lipinski definition) is 0. The quantitative estimate of drug-likeness (QED) is 0.340. The van der Waals surface area contributed by atoms with E-state index >= 15 is 0 Å². The highest BCUT2D eigenvalue weighted by atomic mass is 17.2. The van der Waals surface area contributed by atoms with Crippen LogP contribution in [0.25, 0.3) is 0 Å². The Kier molecular flexibility index (Phi) is 5.56. The Balaban J connectivity index is 4.02. The minimum absolute atomic E-state index is 0.159. The Morgan fingerprint density at radius 3 is 1.85 bits per heavy atom. The van der Waals surface area contributed by atoms with Crippen LogP contribution in [0.15, 0.2) is 0 Å². The van der Waals surface area contributed by atoms with Crippen LogP contribution in [0.2, 0.25) is 0 Å². The van der Waals surface area contributed by atoms with Crippen molar-refractivity contribution in [1.29, 1.82) is 0 Å². The van der Waals surface area contributed by atoms with E-state index in [4.69, 9.17) is 14.5 Å². The second-order valence-electron chi connectivity index (χ2n) is 2.21. The highest BCUT2D eigenvalue weighted by Gasteiger charge is 2.31. The molecule has 6 nitrogen and oxygen atoms in total. The van der Waals surface area contributed by atoms with Crippen molar-refractivity contribution in [1.82, 2.24) is 0 Å². The van der Waals surface area contributed by atoms with E-state index in [0.717, 1.165) is 0 Å². The van der Waals surface area contributed by atoms with Crippen molar-refractivity contribution >= 4 is 5.97 Å². The Hall–Kier alpha value is -0.690. The molecule has 0 bridgehead atoms. The molecule has 0 spiro atoms. The first kappa shape index (κ1) is 12.3. The zero-order valence-electron chi connectivity index (χ0n) is 8.40. The van der Waals surface area contributed by atoms with E-state index in [1.165, 1.54) is 28.4 Å². The van der Waals surface area contributed by atoms with Crippen LogP contribution in [0.4, 0.5) is 0 Å². The van der Waals surface area contributed by atoms with Crippen LogP contribution < -0.4 is 0 Å². The molecule has 6 heteroatoms. The standard InChI is InChI=1S/C7H16NO5/c1-10-7(9)5-6-8(11-2,12-3)13-4/h5-6H2,1-4H3/q+1. The summed E-state index contributed by atoms with van der Waals surface area (Å²) < 4.78 is 4.46. The molecule has 0 aromatic carbocycles. The van der Waals surface area contributed by atoms with E-state index in [1.54, 1.807) is 0 Å². The molecule has 0 amide bonds. The van der Waals surface area contributed by atoms with Gasteiger partial charge in [0.15, 0.2) is 6.54 Å². The molecular weight excluding hydrogens is 178 g/mol. The van der Waals surface area contributed by atoms with Gasteiger partial charge in [-0.05, 0) is 0 Å². The first-order valence-electron chi connectivity index (χ1n) is 3.76. The van der Waals surface area contributed by atoms with Gasteiger partial charge >= 0.3 is 5.97 Å². The molecule has 78 valence electrons. The van der Waals surface area contributed by atoms with Crippen molar-refractivity contribution in [2.75, 3.05) is 35.0 Å². The fourth-order valence-electron chi connectivity index (χ4n) is 0.828. The Bertz CT molecular complexity index is 149. The first-order chi connectivity index (χ1) is 6.14. The lowest BCUT2D eigenvalue weighted by molar-refractivity contribution is -1.36. The van der Waals surface area contributed by atoms with Crippen molar-refractivity contribution < 1.29 is 29.0 Å². The van der Waals surface area contributed by atoms with Crippen molar-refractivity contribution in [2.24, 2.45) is 0 Å². The summed E-state index contributed by atoms with van der Waals surface area (Å²) in [5.41, 5.74) is 0. The van der Waals surface area contributed by atoms with Gasteiger partial charge in [0.25, 0.3) is 0 Å². The molecule has 0 atom stereocenters. The van der Waals surface area contributed by atoms with Gasteiger partial charge in [0.1, 0.15) is 27.8 Å². The Morgan fingerprint density at radius 1 is 1.08 bits per heavy atom. The summed E-state index contributed by atoms with van der Waals surface area (Å²) in [7, 11) is 5.59. The zero-order valence-corrected chi connectivity index (χ0v) is 8.40. The molecule has 13 heavy (non-hydrogen) atoms. The van der Waals surface area contributed by atoms with Gasteiger partial charge in [0.05, 0.1) is 12.1 Å². The molecule has 0 rings (SSSR count). The second kappa shape index (κ2) is 5.87. The summed E-state index contributed by atoms with van der Waals surface area (Å²) in [4.78, 5) is 25.1. The molecule has 0 N–H and O–H groups in total. The number of carbonyl (C=O) groups excluding carboxylic acids is 1. The van der Waals surface area contributed by atoms with Crippen LogP contribution in [0.5, 0.6) is 0 Å². The van der Waals surface area contributed by atoms with Gasteiger partial charge in [-0.2, -0.15) is 0 Å². The minimum Gasteiger partial charge on any atom is -0.469 e. The van der Waals surface area contributed by atoms with Crippen molar-refractivity contribution in [3.05, 3.63) is 0 Å². The lowest BCUT2D eigenvalue weighted by Crippen LogP contribution is -2.46. The highest BCUT2D eigenvalue weighted by Crippen LogP contribution is 2.09. The van der Waals surface area contributed by atoms with Gasteiger partial charge in [0, 0.05) is 0 Å². The second-order valence-corrected chi connectivity index (χ2v) is 2.21. The first-order valence-corrected chi connectivity index (χ1v) is 3.76. The molecule has 0 saturated carbocycles. The van der Waals surface area contributed by atoms with Crippen LogP contribution in [0.3, 0.4) is 0 Å². The predicted octanol–water partition coefficient (Wildman–Crippen LogP) is 0.0505. The molecule has 0 fully saturated rings. The lowest BCUT2D eigenvalue weighted by Gasteiger charge is -2.24. The number of rotatable bonds is 6. The number of ether oxygens (including phenoxy) is 1. The fourth-order valence-corrected chi connectivity index (χ4v) is 0.828. The van der Waals surface area contributed by atoms with Crippen molar-refractivity contribution in [3.8, 4) is 0 Å². The molecule has 0 aliphatic rings. The Labute approximate surface area is 77.4 Å². The third-order valence-corrected chi connectivity index (χ3v) is 1.65. The van der Waals surface area contributed by atoms with Crippen LogP contribution in [-0.4, -0.2) is 45.9 Å². The van der Waals surface area contributed by atoms with Crippen LogP contribution in [-0.2, 0) is 24.0 Å². The van der Waals surface area contributed by atoms with Gasteiger partial charge in [-0.1, -0.05) is 0 Å². The molecule has 0 heterocycles. The molecule has 0 saturated heterocycles. The normalized spacial score (nSPS) is 11.4. The van der Waals surface area contributed by atoms with Crippen molar-refractivity contribution in [2.45, 2.75) is 6.42 Å². The number of methoxy groups -OCH3 is 1. The number of esters is 1. The van der Waals surface area contributed by atoms with Gasteiger partial charge in [-0.3, -0.25) is 4.79 Å². The van der Waals surface area contributed by atoms with E-state index in [1.807, 2.05) is 0 Å². The van der Waals surface area contributed by atoms with E-state index in [2.05, 4.69) is 4.74 Å². The van der Waals surface area contributed by atoms with E-state index in [-0.39, 0.29) is 18.9 Å². The smallest absolute Gasteiger partial charge is 0.311 e. The molecule has 0 aliphatic carbocycles. The Morgan fingerprint density at radius 2 is 1.54 bits per heavy atom. The molecule has 0 radical (unpaired) electrons. The summed E-state index contributed by atoms with van der Waals surface area (Å²) in [6.07, 6.45) is 0.159. The SMILES string of the molecule is COC(=O)CC[N+](OC)(OC)OC. The summed E-state index contributed by atoms with van der Waals surface area (Å²) in [5.74, 6) is -0.339. The maximum atomic E-state index is 10.8. The molecule has 0 unspecified atom stereocenters. The topological polar surface area (TPSA) is 54.0 Å².